The highest BCUT2D eigenvalue weighted by molar-refractivity contribution is 5.78. The van der Waals surface area contributed by atoms with Gasteiger partial charge in [-0.2, -0.15) is 0 Å². The zero-order chi connectivity index (χ0) is 16.0. The Labute approximate surface area is 130 Å². The second kappa shape index (κ2) is 7.40. The van der Waals surface area contributed by atoms with Crippen LogP contribution in [-0.2, 0) is 4.79 Å². The standard InChI is InChI=1S/C17H22FNO3/c1-2-7-17(13-20)8-4-9-19(12-17)16(21)11-22-15-6-3-5-14(18)10-15/h2-3,5-6,10,20H,1,4,7-9,11-13H2/t17-/m1/s1. The van der Waals surface area contributed by atoms with E-state index in [0.717, 1.165) is 12.8 Å². The third kappa shape index (κ3) is 4.07. The Balaban J connectivity index is 1.93. The van der Waals surface area contributed by atoms with Gasteiger partial charge in [0.15, 0.2) is 6.61 Å². The minimum absolute atomic E-state index is 0.0353. The lowest BCUT2D eigenvalue weighted by Gasteiger charge is -2.41. The van der Waals surface area contributed by atoms with Gasteiger partial charge in [-0.1, -0.05) is 12.1 Å². The summed E-state index contributed by atoms with van der Waals surface area (Å²) in [5, 5.41) is 9.65. The molecule has 1 fully saturated rings. The van der Waals surface area contributed by atoms with Crippen molar-refractivity contribution in [1.82, 2.24) is 4.90 Å². The predicted molar refractivity (Wildman–Crippen MR) is 82.0 cm³/mol. The van der Waals surface area contributed by atoms with E-state index in [4.69, 9.17) is 4.74 Å². The molecule has 0 aliphatic carbocycles. The maximum absolute atomic E-state index is 13.1. The Bertz CT molecular complexity index is 534. The molecule has 0 aromatic heterocycles. The number of aliphatic hydroxyl groups excluding tert-OH is 1. The highest BCUT2D eigenvalue weighted by atomic mass is 19.1. The fourth-order valence-electron chi connectivity index (χ4n) is 2.88. The van der Waals surface area contributed by atoms with Crippen LogP contribution in [0.25, 0.3) is 0 Å². The second-order valence-corrected chi connectivity index (χ2v) is 5.82. The molecule has 1 saturated heterocycles. The molecule has 1 aliphatic rings. The summed E-state index contributed by atoms with van der Waals surface area (Å²) in [4.78, 5) is 14.0. The number of halogens is 1. The van der Waals surface area contributed by atoms with Gasteiger partial charge in [-0.25, -0.2) is 4.39 Å². The Hall–Kier alpha value is -1.88. The molecular formula is C17H22FNO3. The molecule has 1 aromatic rings. The molecule has 0 spiro atoms. The summed E-state index contributed by atoms with van der Waals surface area (Å²) in [5.74, 6) is -0.205. The Morgan fingerprint density at radius 1 is 1.55 bits per heavy atom. The molecule has 0 bridgehead atoms. The SMILES string of the molecule is C=CC[C@@]1(CO)CCCN(C(=O)COc2cccc(F)c2)C1. The number of ether oxygens (including phenoxy) is 1. The van der Waals surface area contributed by atoms with E-state index in [0.29, 0.717) is 25.3 Å². The zero-order valence-electron chi connectivity index (χ0n) is 12.6. The van der Waals surface area contributed by atoms with Crippen LogP contribution in [0.4, 0.5) is 4.39 Å². The number of carbonyl (C=O) groups excluding carboxylic acids is 1. The first-order valence-corrected chi connectivity index (χ1v) is 7.46. The van der Waals surface area contributed by atoms with Crippen LogP contribution >= 0.6 is 0 Å². The molecule has 1 aromatic carbocycles. The van der Waals surface area contributed by atoms with Crippen molar-refractivity contribution < 1.29 is 19.0 Å². The van der Waals surface area contributed by atoms with Crippen molar-refractivity contribution in [3.8, 4) is 5.75 Å². The summed E-state index contributed by atoms with van der Waals surface area (Å²) in [6.45, 7) is 4.79. The fourth-order valence-corrected chi connectivity index (χ4v) is 2.88. The van der Waals surface area contributed by atoms with Crippen molar-refractivity contribution in [1.29, 1.82) is 0 Å². The smallest absolute Gasteiger partial charge is 0.260 e. The minimum atomic E-state index is -0.395. The van der Waals surface area contributed by atoms with Gasteiger partial charge in [-0.15, -0.1) is 6.58 Å². The Morgan fingerprint density at radius 3 is 3.05 bits per heavy atom. The summed E-state index contributed by atoms with van der Waals surface area (Å²) in [7, 11) is 0. The molecule has 1 N–H and O–H groups in total. The van der Waals surface area contributed by atoms with Crippen LogP contribution in [0.5, 0.6) is 5.75 Å². The maximum atomic E-state index is 13.1. The number of hydrogen-bond donors (Lipinski definition) is 1. The molecular weight excluding hydrogens is 285 g/mol. The molecule has 2 rings (SSSR count). The topological polar surface area (TPSA) is 49.8 Å². The van der Waals surface area contributed by atoms with Crippen LogP contribution in [0.15, 0.2) is 36.9 Å². The van der Waals surface area contributed by atoms with E-state index in [-0.39, 0.29) is 24.5 Å². The van der Waals surface area contributed by atoms with Crippen LogP contribution in [-0.4, -0.2) is 42.2 Å². The van der Waals surface area contributed by atoms with Gasteiger partial charge in [0.25, 0.3) is 5.91 Å². The molecule has 0 radical (unpaired) electrons. The summed E-state index contributed by atoms with van der Waals surface area (Å²) in [6.07, 6.45) is 4.19. The minimum Gasteiger partial charge on any atom is -0.484 e. The van der Waals surface area contributed by atoms with E-state index < -0.39 is 5.82 Å². The number of piperidine rings is 1. The van der Waals surface area contributed by atoms with Crippen molar-refractivity contribution in [2.45, 2.75) is 19.3 Å². The zero-order valence-corrected chi connectivity index (χ0v) is 12.6. The van der Waals surface area contributed by atoms with Crippen molar-refractivity contribution in [3.05, 3.63) is 42.7 Å². The van der Waals surface area contributed by atoms with Crippen molar-refractivity contribution in [2.24, 2.45) is 5.41 Å². The van der Waals surface area contributed by atoms with Crippen molar-refractivity contribution in [3.63, 3.8) is 0 Å². The highest BCUT2D eigenvalue weighted by Gasteiger charge is 2.35. The highest BCUT2D eigenvalue weighted by Crippen LogP contribution is 2.33. The van der Waals surface area contributed by atoms with Gasteiger partial charge in [0.05, 0.1) is 6.61 Å². The Morgan fingerprint density at radius 2 is 2.36 bits per heavy atom. The number of rotatable bonds is 6. The van der Waals surface area contributed by atoms with E-state index >= 15 is 0 Å². The molecule has 1 aliphatic heterocycles. The lowest BCUT2D eigenvalue weighted by Crippen LogP contribution is -2.49. The average molecular weight is 307 g/mol. The average Bonchev–Trinajstić information content (AvgIpc) is 2.53. The monoisotopic (exact) mass is 307 g/mol. The first-order valence-electron chi connectivity index (χ1n) is 7.46. The molecule has 22 heavy (non-hydrogen) atoms. The van der Waals surface area contributed by atoms with E-state index in [1.54, 1.807) is 17.0 Å². The van der Waals surface area contributed by atoms with E-state index in [9.17, 15) is 14.3 Å². The maximum Gasteiger partial charge on any atom is 0.260 e. The number of benzene rings is 1. The van der Waals surface area contributed by atoms with Gasteiger partial charge in [0.1, 0.15) is 11.6 Å². The van der Waals surface area contributed by atoms with Crippen LogP contribution in [0.3, 0.4) is 0 Å². The third-order valence-electron chi connectivity index (χ3n) is 4.09. The van der Waals surface area contributed by atoms with Crippen LogP contribution < -0.4 is 4.74 Å². The largest absolute Gasteiger partial charge is 0.484 e. The summed E-state index contributed by atoms with van der Waals surface area (Å²) < 4.78 is 18.4. The molecule has 120 valence electrons. The van der Waals surface area contributed by atoms with Crippen LogP contribution in [0.1, 0.15) is 19.3 Å². The lowest BCUT2D eigenvalue weighted by molar-refractivity contribution is -0.137. The normalized spacial score (nSPS) is 21.5. The Kier molecular flexibility index (Phi) is 5.55. The molecule has 0 unspecified atom stereocenters. The van der Waals surface area contributed by atoms with Crippen LogP contribution in [0.2, 0.25) is 0 Å². The van der Waals surface area contributed by atoms with Crippen LogP contribution in [0, 0.1) is 11.2 Å². The quantitative estimate of drug-likeness (QED) is 0.821. The van der Waals surface area contributed by atoms with E-state index in [1.807, 2.05) is 0 Å². The summed E-state index contributed by atoms with van der Waals surface area (Å²) >= 11 is 0. The predicted octanol–water partition coefficient (Wildman–Crippen LogP) is 2.38. The number of carbonyl (C=O) groups is 1. The second-order valence-electron chi connectivity index (χ2n) is 5.82. The molecule has 5 heteroatoms. The van der Waals surface area contributed by atoms with Gasteiger partial charge in [-0.3, -0.25) is 4.79 Å². The first kappa shape index (κ1) is 16.5. The molecule has 1 heterocycles. The molecule has 1 amide bonds. The summed E-state index contributed by atoms with van der Waals surface area (Å²) in [6, 6.07) is 5.72. The first-order chi connectivity index (χ1) is 10.6. The number of likely N-dealkylation sites (tertiary alicyclic amines) is 1. The van der Waals surface area contributed by atoms with Gasteiger partial charge < -0.3 is 14.7 Å². The van der Waals surface area contributed by atoms with E-state index in [2.05, 4.69) is 6.58 Å². The van der Waals surface area contributed by atoms with Crippen molar-refractivity contribution >= 4 is 5.91 Å². The summed E-state index contributed by atoms with van der Waals surface area (Å²) in [5.41, 5.74) is -0.297. The van der Waals surface area contributed by atoms with Gasteiger partial charge in [0, 0.05) is 24.6 Å². The number of allylic oxidation sites excluding steroid dienone is 1. The van der Waals surface area contributed by atoms with Gasteiger partial charge in [0.2, 0.25) is 0 Å². The number of aliphatic hydroxyl groups is 1. The fraction of sp³-hybridized carbons (Fsp3) is 0.471. The van der Waals surface area contributed by atoms with Crippen molar-refractivity contribution in [2.75, 3.05) is 26.3 Å². The van der Waals surface area contributed by atoms with E-state index in [1.165, 1.54) is 18.2 Å². The third-order valence-corrected chi connectivity index (χ3v) is 4.09. The molecule has 1 atom stereocenters. The van der Waals surface area contributed by atoms with Gasteiger partial charge >= 0.3 is 0 Å². The van der Waals surface area contributed by atoms with Gasteiger partial charge in [-0.05, 0) is 31.4 Å². The number of nitrogens with zero attached hydrogens (tertiary/aromatic N) is 1. The number of hydrogen-bond acceptors (Lipinski definition) is 3. The molecule has 4 nitrogen and oxygen atoms in total. The number of amides is 1. The molecule has 0 saturated carbocycles. The lowest BCUT2D eigenvalue weighted by atomic mass is 9.78.